The molecule has 0 bridgehead atoms. The Balaban J connectivity index is 1.75. The van der Waals surface area contributed by atoms with Gasteiger partial charge in [0.1, 0.15) is 13.2 Å². The molecule has 0 saturated carbocycles. The van der Waals surface area contributed by atoms with Crippen LogP contribution in [0.2, 0.25) is 19.6 Å². The molecule has 0 aliphatic carbocycles. The highest BCUT2D eigenvalue weighted by molar-refractivity contribution is 6.70. The van der Waals surface area contributed by atoms with Gasteiger partial charge in [-0.15, -0.1) is 0 Å². The largest absolute Gasteiger partial charge is 0.531 e. The van der Waals surface area contributed by atoms with Crippen LogP contribution in [0.25, 0.3) is 27.8 Å². The van der Waals surface area contributed by atoms with E-state index in [1.54, 1.807) is 4.68 Å². The summed E-state index contributed by atoms with van der Waals surface area (Å²) in [7, 11) is -2.17. The molecule has 2 aromatic carbocycles. The number of carbonyl (C=O) groups excluding carboxylic acids is 2. The molecule has 4 aromatic rings. The number of hydrogen-bond acceptors (Lipinski definition) is 7. The Morgan fingerprint density at radius 2 is 1.56 bits per heavy atom. The van der Waals surface area contributed by atoms with Crippen LogP contribution in [0.3, 0.4) is 0 Å². The molecule has 0 radical (unpaired) electrons. The predicted molar refractivity (Wildman–Crippen MR) is 154 cm³/mol. The van der Waals surface area contributed by atoms with Crippen molar-refractivity contribution in [1.29, 1.82) is 0 Å². The maximum Gasteiger partial charge on any atom is 0.359 e. The molecule has 2 aromatic heterocycles. The number of para-hydroxylation sites is 2. The minimum atomic E-state index is -2.17. The number of carbonyl (C=O) groups is 2. The van der Waals surface area contributed by atoms with Gasteiger partial charge in [-0.05, 0) is 64.2 Å². The van der Waals surface area contributed by atoms with Crippen LogP contribution >= 0.6 is 0 Å². The van der Waals surface area contributed by atoms with Crippen LogP contribution in [0.15, 0.2) is 66.7 Å². The molecule has 4 rings (SSSR count). The van der Waals surface area contributed by atoms with E-state index in [2.05, 4.69) is 24.7 Å². The second-order valence-corrected chi connectivity index (χ2v) is 15.3. The molecule has 8 nitrogen and oxygen atoms in total. The first-order chi connectivity index (χ1) is 18.5. The van der Waals surface area contributed by atoms with Crippen molar-refractivity contribution in [3.05, 3.63) is 72.4 Å². The minimum Gasteiger partial charge on any atom is -0.531 e. The van der Waals surface area contributed by atoms with Crippen molar-refractivity contribution in [3.63, 3.8) is 0 Å². The Labute approximate surface area is 230 Å². The molecule has 0 unspecified atom stereocenters. The smallest absolute Gasteiger partial charge is 0.359 e. The van der Waals surface area contributed by atoms with Crippen molar-refractivity contribution < 1.29 is 23.5 Å². The summed E-state index contributed by atoms with van der Waals surface area (Å²) in [6.07, 6.45) is 0.643. The van der Waals surface area contributed by atoms with Crippen LogP contribution in [0, 0.1) is 5.41 Å². The number of ether oxygens (including phenoxy) is 2. The van der Waals surface area contributed by atoms with Crippen LogP contribution < -0.4 is 4.43 Å². The van der Waals surface area contributed by atoms with E-state index in [0.717, 1.165) is 16.6 Å². The van der Waals surface area contributed by atoms with Crippen LogP contribution in [0.1, 0.15) is 37.7 Å². The van der Waals surface area contributed by atoms with E-state index >= 15 is 0 Å². The van der Waals surface area contributed by atoms with Gasteiger partial charge in [-0.3, -0.25) is 4.79 Å². The molecule has 2 heterocycles. The molecule has 9 heteroatoms. The summed E-state index contributed by atoms with van der Waals surface area (Å²) < 4.78 is 19.1. The van der Waals surface area contributed by atoms with Crippen molar-refractivity contribution in [2.75, 3.05) is 13.2 Å². The molecule has 39 heavy (non-hydrogen) atoms. The number of hydrogen-bond donors (Lipinski definition) is 0. The highest BCUT2D eigenvalue weighted by atomic mass is 28.4. The summed E-state index contributed by atoms with van der Waals surface area (Å²) in [4.78, 5) is 30.6. The number of pyridine rings is 1. The Morgan fingerprint density at radius 3 is 2.26 bits per heavy atom. The molecular formula is C30H35N3O5Si. The molecule has 0 aliphatic rings. The first kappa shape index (κ1) is 28.0. The fraction of sp³-hybridized carbons (Fsp3) is 0.333. The average Bonchev–Trinajstić information content (AvgIpc) is 3.28. The lowest BCUT2D eigenvalue weighted by Crippen LogP contribution is -2.30. The van der Waals surface area contributed by atoms with E-state index in [4.69, 9.17) is 18.9 Å². The second-order valence-electron chi connectivity index (χ2n) is 10.9. The summed E-state index contributed by atoms with van der Waals surface area (Å²) in [6, 6.07) is 21.1. The lowest BCUT2D eigenvalue weighted by Gasteiger charge is -2.21. The molecule has 0 atom stereocenters. The zero-order valence-corrected chi connectivity index (χ0v) is 24.4. The summed E-state index contributed by atoms with van der Waals surface area (Å²) >= 11 is 0. The number of benzene rings is 2. The molecule has 204 valence electrons. The van der Waals surface area contributed by atoms with Crippen molar-refractivity contribution >= 4 is 31.2 Å². The molecular weight excluding hydrogens is 510 g/mol. The Hall–Kier alpha value is -3.98. The number of aromatic nitrogens is 3. The molecule has 0 aliphatic heterocycles. The zero-order valence-electron chi connectivity index (χ0n) is 23.4. The van der Waals surface area contributed by atoms with Gasteiger partial charge in [0.2, 0.25) is 14.2 Å². The monoisotopic (exact) mass is 545 g/mol. The van der Waals surface area contributed by atoms with Gasteiger partial charge in [0.05, 0.1) is 27.9 Å². The highest BCUT2D eigenvalue weighted by Crippen LogP contribution is 2.37. The third kappa shape index (κ3) is 6.54. The Kier molecular flexibility index (Phi) is 8.20. The van der Waals surface area contributed by atoms with Gasteiger partial charge in [0.25, 0.3) is 0 Å². The van der Waals surface area contributed by atoms with Gasteiger partial charge < -0.3 is 13.9 Å². The van der Waals surface area contributed by atoms with Gasteiger partial charge in [-0.25, -0.2) is 14.5 Å². The lowest BCUT2D eigenvalue weighted by molar-refractivity contribution is -0.155. The van der Waals surface area contributed by atoms with E-state index in [1.165, 1.54) is 0 Å². The van der Waals surface area contributed by atoms with Gasteiger partial charge in [-0.1, -0.05) is 49.4 Å². The average molecular weight is 546 g/mol. The zero-order chi connectivity index (χ0) is 28.2. The fourth-order valence-electron chi connectivity index (χ4n) is 3.79. The van der Waals surface area contributed by atoms with E-state index in [0.29, 0.717) is 23.6 Å². The normalized spacial score (nSPS) is 11.8. The van der Waals surface area contributed by atoms with Crippen molar-refractivity contribution in [3.8, 4) is 22.8 Å². The molecule has 0 amide bonds. The summed E-state index contributed by atoms with van der Waals surface area (Å²) in [6.45, 7) is 11.6. The minimum absolute atomic E-state index is 0.0464. The van der Waals surface area contributed by atoms with E-state index < -0.39 is 19.7 Å². The Morgan fingerprint density at radius 1 is 0.897 bits per heavy atom. The maximum absolute atomic E-state index is 13.5. The van der Waals surface area contributed by atoms with Crippen LogP contribution in [0.5, 0.6) is 5.88 Å². The summed E-state index contributed by atoms with van der Waals surface area (Å²) in [5.74, 6) is -0.548. The van der Waals surface area contributed by atoms with Crippen LogP contribution in [0.4, 0.5) is 0 Å². The second kappa shape index (κ2) is 11.4. The third-order valence-corrected chi connectivity index (χ3v) is 7.09. The van der Waals surface area contributed by atoms with E-state index in [1.807, 2.05) is 87.5 Å². The fourth-order valence-corrected chi connectivity index (χ4v) is 4.56. The first-order valence-corrected chi connectivity index (χ1v) is 16.5. The van der Waals surface area contributed by atoms with Crippen molar-refractivity contribution in [1.82, 2.24) is 14.8 Å². The van der Waals surface area contributed by atoms with Crippen molar-refractivity contribution in [2.24, 2.45) is 5.41 Å². The molecule has 0 fully saturated rings. The standard InChI is InChI=1S/C30H35N3O5Si/c1-7-30(2,3)29(35)37-20-19-36-28(34)26-25(24-18-17-21-13-11-12-16-23(21)31-24)27(38-39(4,5)6)33(32-26)22-14-9-8-10-15-22/h8-18H,7,19-20H2,1-6H3. The van der Waals surface area contributed by atoms with E-state index in [9.17, 15) is 9.59 Å². The van der Waals surface area contributed by atoms with Crippen LogP contribution in [-0.2, 0) is 14.3 Å². The molecule has 0 spiro atoms. The quantitative estimate of drug-likeness (QED) is 0.129. The maximum atomic E-state index is 13.5. The number of nitrogens with zero attached hydrogens (tertiary/aromatic N) is 3. The number of esters is 2. The van der Waals surface area contributed by atoms with Gasteiger partial charge >= 0.3 is 11.9 Å². The topological polar surface area (TPSA) is 92.5 Å². The Bertz CT molecular complexity index is 1480. The number of rotatable bonds is 10. The van der Waals surface area contributed by atoms with E-state index in [-0.39, 0.29) is 24.9 Å². The molecule has 0 saturated heterocycles. The molecule has 0 N–H and O–H groups in total. The van der Waals surface area contributed by atoms with Gasteiger partial charge in [0.15, 0.2) is 5.69 Å². The highest BCUT2D eigenvalue weighted by Gasteiger charge is 2.32. The number of fused-ring (bicyclic) bond motifs is 1. The van der Waals surface area contributed by atoms with Crippen LogP contribution in [-0.4, -0.2) is 48.2 Å². The summed E-state index contributed by atoms with van der Waals surface area (Å²) in [5, 5.41) is 5.66. The first-order valence-electron chi connectivity index (χ1n) is 13.1. The van der Waals surface area contributed by atoms with Gasteiger partial charge in [-0.2, -0.15) is 5.10 Å². The SMILES string of the molecule is CCC(C)(C)C(=O)OCCOC(=O)c1nn(-c2ccccc2)c(O[Si](C)(C)C)c1-c1ccc2ccccc2n1. The van der Waals surface area contributed by atoms with Gasteiger partial charge in [0, 0.05) is 5.39 Å². The third-order valence-electron chi connectivity index (χ3n) is 6.28. The predicted octanol–water partition coefficient (Wildman–Crippen LogP) is 6.44. The summed E-state index contributed by atoms with van der Waals surface area (Å²) in [5.41, 5.74) is 2.01. The van der Waals surface area contributed by atoms with Crippen molar-refractivity contribution in [2.45, 2.75) is 46.8 Å². The lowest BCUT2D eigenvalue weighted by atomic mass is 9.91.